The first kappa shape index (κ1) is 18.4. The number of aromatic amines is 1. The van der Waals surface area contributed by atoms with E-state index < -0.39 is 0 Å². The van der Waals surface area contributed by atoms with Crippen LogP contribution in [-0.2, 0) is 0 Å². The molecular formula is C22H29N7. The molecule has 0 aromatic carbocycles. The number of anilines is 3. The Morgan fingerprint density at radius 2 is 2.00 bits per heavy atom. The van der Waals surface area contributed by atoms with E-state index in [0.717, 1.165) is 34.1 Å². The summed E-state index contributed by atoms with van der Waals surface area (Å²) in [5.41, 5.74) is 1.95. The maximum absolute atomic E-state index is 4.90. The fourth-order valence-electron chi connectivity index (χ4n) is 5.07. The van der Waals surface area contributed by atoms with Gasteiger partial charge < -0.3 is 10.6 Å². The van der Waals surface area contributed by atoms with Gasteiger partial charge in [-0.05, 0) is 57.7 Å². The summed E-state index contributed by atoms with van der Waals surface area (Å²) < 4.78 is 0. The molecular weight excluding hydrogens is 362 g/mol. The highest BCUT2D eigenvalue weighted by molar-refractivity contribution is 5.91. The molecule has 0 radical (unpaired) electrons. The van der Waals surface area contributed by atoms with Gasteiger partial charge in [0.05, 0.1) is 5.52 Å². The molecule has 5 heterocycles. The molecule has 29 heavy (non-hydrogen) atoms. The van der Waals surface area contributed by atoms with E-state index in [1.807, 2.05) is 31.3 Å². The van der Waals surface area contributed by atoms with Crippen molar-refractivity contribution in [2.75, 3.05) is 17.2 Å². The Bertz CT molecular complexity index is 984. The highest BCUT2D eigenvalue weighted by Crippen LogP contribution is 2.37. The van der Waals surface area contributed by atoms with Crippen molar-refractivity contribution in [1.29, 1.82) is 0 Å². The first-order valence-corrected chi connectivity index (χ1v) is 10.8. The van der Waals surface area contributed by atoms with E-state index in [1.165, 1.54) is 38.6 Å². The van der Waals surface area contributed by atoms with Crippen molar-refractivity contribution in [2.45, 2.75) is 64.1 Å². The van der Waals surface area contributed by atoms with Crippen LogP contribution in [0, 0.1) is 6.92 Å². The zero-order chi connectivity index (χ0) is 19.8. The van der Waals surface area contributed by atoms with Crippen molar-refractivity contribution in [3.8, 4) is 0 Å². The molecule has 0 spiro atoms. The average molecular weight is 392 g/mol. The molecule has 0 unspecified atom stereocenters. The molecule has 0 amide bonds. The monoisotopic (exact) mass is 391 g/mol. The molecule has 7 heteroatoms. The third-order valence-corrected chi connectivity index (χ3v) is 6.27. The first-order chi connectivity index (χ1) is 14.2. The van der Waals surface area contributed by atoms with Gasteiger partial charge in [0.1, 0.15) is 11.6 Å². The van der Waals surface area contributed by atoms with Gasteiger partial charge >= 0.3 is 0 Å². The minimum absolute atomic E-state index is 0.458. The number of piperidine rings is 1. The van der Waals surface area contributed by atoms with Gasteiger partial charge in [-0.15, -0.1) is 0 Å². The fourth-order valence-corrected chi connectivity index (χ4v) is 5.07. The summed E-state index contributed by atoms with van der Waals surface area (Å²) >= 11 is 0. The topological polar surface area (TPSA) is 81.8 Å². The third kappa shape index (κ3) is 3.67. The number of fused-ring (bicyclic) bond motifs is 3. The lowest BCUT2D eigenvalue weighted by Gasteiger charge is -2.39. The predicted molar refractivity (Wildman–Crippen MR) is 117 cm³/mol. The van der Waals surface area contributed by atoms with Gasteiger partial charge in [-0.25, -0.2) is 4.98 Å². The van der Waals surface area contributed by atoms with Crippen LogP contribution in [-0.4, -0.2) is 49.7 Å². The van der Waals surface area contributed by atoms with Crippen LogP contribution in [0.15, 0.2) is 30.5 Å². The van der Waals surface area contributed by atoms with E-state index in [1.54, 1.807) is 0 Å². The van der Waals surface area contributed by atoms with Crippen LogP contribution in [0.25, 0.3) is 10.9 Å². The van der Waals surface area contributed by atoms with Gasteiger partial charge in [-0.3, -0.25) is 15.0 Å². The summed E-state index contributed by atoms with van der Waals surface area (Å²) in [6, 6.07) is 9.91. The van der Waals surface area contributed by atoms with Crippen molar-refractivity contribution < 1.29 is 0 Å². The second kappa shape index (κ2) is 7.63. The Labute approximate surface area is 171 Å². The molecule has 2 aliphatic rings. The molecule has 152 valence electrons. The maximum atomic E-state index is 4.90. The van der Waals surface area contributed by atoms with Crippen LogP contribution in [0.3, 0.4) is 0 Å². The second-order valence-electron chi connectivity index (χ2n) is 8.42. The van der Waals surface area contributed by atoms with Gasteiger partial charge in [0, 0.05) is 47.5 Å². The van der Waals surface area contributed by atoms with Crippen molar-refractivity contribution >= 4 is 28.4 Å². The summed E-state index contributed by atoms with van der Waals surface area (Å²) in [7, 11) is 0. The fraction of sp³-hybridized carbons (Fsp3) is 0.500. The van der Waals surface area contributed by atoms with E-state index in [4.69, 9.17) is 4.98 Å². The summed E-state index contributed by atoms with van der Waals surface area (Å²) in [6.07, 6.45) is 8.12. The summed E-state index contributed by atoms with van der Waals surface area (Å²) in [6.45, 7) is 5.50. The molecule has 3 aromatic heterocycles. The van der Waals surface area contributed by atoms with Crippen molar-refractivity contribution in [2.24, 2.45) is 0 Å². The number of pyridine rings is 2. The minimum Gasteiger partial charge on any atom is -0.367 e. The van der Waals surface area contributed by atoms with Gasteiger partial charge in [-0.2, -0.15) is 5.10 Å². The van der Waals surface area contributed by atoms with E-state index in [9.17, 15) is 0 Å². The molecule has 0 saturated carbocycles. The van der Waals surface area contributed by atoms with E-state index in [2.05, 4.69) is 43.7 Å². The molecule has 2 saturated heterocycles. The molecule has 2 bridgehead atoms. The lowest BCUT2D eigenvalue weighted by atomic mass is 9.97. The van der Waals surface area contributed by atoms with Gasteiger partial charge in [0.25, 0.3) is 0 Å². The molecule has 5 rings (SSSR count). The molecule has 3 N–H and O–H groups in total. The Hall–Kier alpha value is -2.67. The highest BCUT2D eigenvalue weighted by atomic mass is 15.2. The number of rotatable bonds is 6. The molecule has 2 fully saturated rings. The lowest BCUT2D eigenvalue weighted by Crippen LogP contribution is -2.47. The van der Waals surface area contributed by atoms with E-state index >= 15 is 0 Å². The van der Waals surface area contributed by atoms with Gasteiger partial charge in [-0.1, -0.05) is 6.92 Å². The van der Waals surface area contributed by atoms with Gasteiger partial charge in [0.2, 0.25) is 0 Å². The Morgan fingerprint density at radius 1 is 1.17 bits per heavy atom. The van der Waals surface area contributed by atoms with Crippen molar-refractivity contribution in [1.82, 2.24) is 25.1 Å². The van der Waals surface area contributed by atoms with Crippen LogP contribution in [0.2, 0.25) is 0 Å². The third-order valence-electron chi connectivity index (χ3n) is 6.27. The molecule has 2 aliphatic heterocycles. The molecule has 3 atom stereocenters. The van der Waals surface area contributed by atoms with Crippen LogP contribution >= 0.6 is 0 Å². The normalized spacial score (nSPS) is 24.1. The average Bonchev–Trinajstić information content (AvgIpc) is 3.21. The number of nitrogens with zero attached hydrogens (tertiary/aromatic N) is 4. The van der Waals surface area contributed by atoms with Crippen LogP contribution in [0.5, 0.6) is 0 Å². The number of nitrogens with one attached hydrogen (secondary N) is 3. The Balaban J connectivity index is 1.40. The zero-order valence-corrected chi connectivity index (χ0v) is 17.2. The standard InChI is InChI=1S/C22H29N7/c1-3-9-29-16-6-7-17(29)12-15(11-16)24-22-18-5-4-8-23-19(18)13-20(26-22)25-21-10-14(2)27-28-21/h4-5,8,10,13,15-17H,3,6-7,9,11-12H2,1-2H3,(H3,24,25,26,27,28)/t15-,16-,17+. The summed E-state index contributed by atoms with van der Waals surface area (Å²) in [5, 5.41) is 15.4. The Kier molecular flexibility index (Phi) is 4.83. The van der Waals surface area contributed by atoms with Crippen LogP contribution in [0.1, 0.15) is 44.7 Å². The molecule has 7 nitrogen and oxygen atoms in total. The number of H-pyrrole nitrogens is 1. The maximum Gasteiger partial charge on any atom is 0.153 e. The van der Waals surface area contributed by atoms with E-state index in [0.29, 0.717) is 18.1 Å². The first-order valence-electron chi connectivity index (χ1n) is 10.8. The minimum atomic E-state index is 0.458. The zero-order valence-electron chi connectivity index (χ0n) is 17.2. The highest BCUT2D eigenvalue weighted by Gasteiger charge is 2.40. The molecule has 3 aromatic rings. The molecule has 0 aliphatic carbocycles. The number of hydrogen-bond acceptors (Lipinski definition) is 6. The number of aromatic nitrogens is 4. The smallest absolute Gasteiger partial charge is 0.153 e. The quantitative estimate of drug-likeness (QED) is 0.584. The largest absolute Gasteiger partial charge is 0.367 e. The van der Waals surface area contributed by atoms with Crippen molar-refractivity contribution in [3.63, 3.8) is 0 Å². The summed E-state index contributed by atoms with van der Waals surface area (Å²) in [5.74, 6) is 2.44. The van der Waals surface area contributed by atoms with Crippen molar-refractivity contribution in [3.05, 3.63) is 36.2 Å². The second-order valence-corrected chi connectivity index (χ2v) is 8.42. The van der Waals surface area contributed by atoms with Crippen LogP contribution < -0.4 is 10.6 Å². The lowest BCUT2D eigenvalue weighted by molar-refractivity contribution is 0.133. The van der Waals surface area contributed by atoms with Crippen LogP contribution in [0.4, 0.5) is 17.5 Å². The summed E-state index contributed by atoms with van der Waals surface area (Å²) in [4.78, 5) is 12.2. The number of aryl methyl sites for hydroxylation is 1. The predicted octanol–water partition coefficient (Wildman–Crippen LogP) is 4.22. The number of hydrogen-bond donors (Lipinski definition) is 3. The SMILES string of the molecule is CCCN1[C@@H]2CC[C@H]1C[C@H](Nc1nc(Nc3cc(C)[nH]n3)cc3ncccc13)C2. The van der Waals surface area contributed by atoms with E-state index in [-0.39, 0.29) is 0 Å². The Morgan fingerprint density at radius 3 is 2.72 bits per heavy atom. The van der Waals surface area contributed by atoms with Gasteiger partial charge in [0.15, 0.2) is 5.82 Å².